The molecular formula is C20H21FN4O2. The number of anilines is 2. The molecule has 0 bridgehead atoms. The van der Waals surface area contributed by atoms with E-state index >= 15 is 0 Å². The van der Waals surface area contributed by atoms with E-state index in [2.05, 4.69) is 20.6 Å². The lowest BCUT2D eigenvalue weighted by Gasteiger charge is -2.10. The van der Waals surface area contributed by atoms with Crippen LogP contribution < -0.4 is 20.1 Å². The Labute approximate surface area is 157 Å². The van der Waals surface area contributed by atoms with Crippen LogP contribution in [0.1, 0.15) is 5.56 Å². The number of halogens is 1. The average Bonchev–Trinajstić information content (AvgIpc) is 2.71. The first-order chi connectivity index (χ1) is 13.2. The third-order valence-electron chi connectivity index (χ3n) is 3.79. The molecule has 2 N–H and O–H groups in total. The van der Waals surface area contributed by atoms with E-state index in [4.69, 9.17) is 9.47 Å². The first-order valence-corrected chi connectivity index (χ1v) is 8.54. The van der Waals surface area contributed by atoms with Crippen LogP contribution in [-0.4, -0.2) is 30.2 Å². The maximum Gasteiger partial charge on any atom is 0.131 e. The van der Waals surface area contributed by atoms with Gasteiger partial charge in [-0.1, -0.05) is 12.1 Å². The van der Waals surface area contributed by atoms with E-state index in [1.54, 1.807) is 19.2 Å². The minimum absolute atomic E-state index is 0.246. The van der Waals surface area contributed by atoms with Crippen molar-refractivity contribution in [2.75, 3.05) is 30.9 Å². The van der Waals surface area contributed by atoms with E-state index < -0.39 is 0 Å². The minimum atomic E-state index is -0.246. The van der Waals surface area contributed by atoms with Crippen molar-refractivity contribution in [1.29, 1.82) is 0 Å². The number of aromatic nitrogens is 2. The van der Waals surface area contributed by atoms with Gasteiger partial charge in [-0.25, -0.2) is 14.4 Å². The van der Waals surface area contributed by atoms with E-state index in [-0.39, 0.29) is 5.82 Å². The molecule has 0 saturated heterocycles. The van der Waals surface area contributed by atoms with Crippen LogP contribution in [0.2, 0.25) is 0 Å². The summed E-state index contributed by atoms with van der Waals surface area (Å²) in [5.41, 5.74) is 0.970. The third kappa shape index (κ3) is 5.85. The monoisotopic (exact) mass is 368 g/mol. The topological polar surface area (TPSA) is 68.3 Å². The molecule has 0 atom stereocenters. The molecule has 0 aliphatic carbocycles. The van der Waals surface area contributed by atoms with Crippen molar-refractivity contribution in [3.63, 3.8) is 0 Å². The zero-order valence-electron chi connectivity index (χ0n) is 15.0. The van der Waals surface area contributed by atoms with Crippen LogP contribution in [0.15, 0.2) is 60.9 Å². The van der Waals surface area contributed by atoms with E-state index in [0.29, 0.717) is 31.3 Å². The molecule has 0 amide bonds. The zero-order chi connectivity index (χ0) is 18.9. The Bertz CT molecular complexity index is 841. The van der Waals surface area contributed by atoms with Gasteiger partial charge in [-0.15, -0.1) is 0 Å². The van der Waals surface area contributed by atoms with Crippen molar-refractivity contribution in [3.8, 4) is 11.5 Å². The standard InChI is InChI=1S/C20H21FN4O2/c1-26-17-6-8-18(9-7-17)27-11-10-22-19-12-20(25-14-24-19)23-13-15-2-4-16(21)5-3-15/h2-9,12,14H,10-11,13H2,1H3,(H2,22,23,24,25). The number of hydrogen-bond acceptors (Lipinski definition) is 6. The summed E-state index contributed by atoms with van der Waals surface area (Å²) in [7, 11) is 1.63. The van der Waals surface area contributed by atoms with E-state index in [9.17, 15) is 4.39 Å². The smallest absolute Gasteiger partial charge is 0.131 e. The first kappa shape index (κ1) is 18.4. The van der Waals surface area contributed by atoms with E-state index in [0.717, 1.165) is 17.1 Å². The third-order valence-corrected chi connectivity index (χ3v) is 3.79. The Balaban J connectivity index is 1.43. The van der Waals surface area contributed by atoms with Crippen molar-refractivity contribution in [1.82, 2.24) is 9.97 Å². The molecular weight excluding hydrogens is 347 g/mol. The molecule has 0 radical (unpaired) electrons. The molecule has 3 aromatic rings. The Morgan fingerprint density at radius 1 is 0.889 bits per heavy atom. The van der Waals surface area contributed by atoms with Crippen LogP contribution in [0, 0.1) is 5.82 Å². The van der Waals surface area contributed by atoms with Gasteiger partial charge < -0.3 is 20.1 Å². The number of nitrogens with zero attached hydrogens (tertiary/aromatic N) is 2. The van der Waals surface area contributed by atoms with Crippen molar-refractivity contribution < 1.29 is 13.9 Å². The van der Waals surface area contributed by atoms with E-state index in [1.165, 1.54) is 18.5 Å². The molecule has 140 valence electrons. The summed E-state index contributed by atoms with van der Waals surface area (Å²) in [6.07, 6.45) is 1.49. The van der Waals surface area contributed by atoms with Crippen LogP contribution in [0.25, 0.3) is 0 Å². The lowest BCUT2D eigenvalue weighted by Crippen LogP contribution is -2.13. The second kappa shape index (κ2) is 9.38. The summed E-state index contributed by atoms with van der Waals surface area (Å²) in [5.74, 6) is 2.71. The van der Waals surface area contributed by atoms with Gasteiger partial charge in [0.2, 0.25) is 0 Å². The number of rotatable bonds is 9. The number of methoxy groups -OCH3 is 1. The Morgan fingerprint density at radius 2 is 1.56 bits per heavy atom. The summed E-state index contributed by atoms with van der Waals surface area (Å²) >= 11 is 0. The van der Waals surface area contributed by atoms with Gasteiger partial charge in [0, 0.05) is 12.6 Å². The first-order valence-electron chi connectivity index (χ1n) is 8.54. The number of hydrogen-bond donors (Lipinski definition) is 2. The van der Waals surface area contributed by atoms with Crippen LogP contribution in [-0.2, 0) is 6.54 Å². The van der Waals surface area contributed by atoms with Crippen LogP contribution in [0.3, 0.4) is 0 Å². The fraction of sp³-hybridized carbons (Fsp3) is 0.200. The zero-order valence-corrected chi connectivity index (χ0v) is 15.0. The molecule has 3 rings (SSSR count). The SMILES string of the molecule is COc1ccc(OCCNc2cc(NCc3ccc(F)cc3)ncn2)cc1. The van der Waals surface area contributed by atoms with Gasteiger partial charge in [-0.05, 0) is 42.0 Å². The predicted molar refractivity (Wildman–Crippen MR) is 103 cm³/mol. The molecule has 1 aromatic heterocycles. The molecule has 0 fully saturated rings. The lowest BCUT2D eigenvalue weighted by molar-refractivity contribution is 0.331. The average molecular weight is 368 g/mol. The van der Waals surface area contributed by atoms with Crippen molar-refractivity contribution in [2.45, 2.75) is 6.54 Å². The summed E-state index contributed by atoms with van der Waals surface area (Å²) in [4.78, 5) is 8.37. The molecule has 0 saturated carbocycles. The molecule has 0 aliphatic heterocycles. The quantitative estimate of drug-likeness (QED) is 0.561. The maximum absolute atomic E-state index is 12.9. The van der Waals surface area contributed by atoms with Gasteiger partial charge >= 0.3 is 0 Å². The molecule has 2 aromatic carbocycles. The normalized spacial score (nSPS) is 10.3. The highest BCUT2D eigenvalue weighted by molar-refractivity contribution is 5.46. The highest BCUT2D eigenvalue weighted by atomic mass is 19.1. The Kier molecular flexibility index (Phi) is 6.40. The number of ether oxygens (including phenoxy) is 2. The summed E-state index contributed by atoms with van der Waals surface area (Å²) in [6, 6.07) is 15.6. The van der Waals surface area contributed by atoms with Crippen molar-refractivity contribution >= 4 is 11.6 Å². The predicted octanol–water partition coefficient (Wildman–Crippen LogP) is 3.73. The molecule has 0 aliphatic rings. The summed E-state index contributed by atoms with van der Waals surface area (Å²) in [5, 5.41) is 6.38. The van der Waals surface area contributed by atoms with Crippen molar-refractivity contribution in [3.05, 3.63) is 72.3 Å². The fourth-order valence-electron chi connectivity index (χ4n) is 2.37. The minimum Gasteiger partial charge on any atom is -0.497 e. The molecule has 0 unspecified atom stereocenters. The van der Waals surface area contributed by atoms with Crippen molar-refractivity contribution in [2.24, 2.45) is 0 Å². The second-order valence-electron chi connectivity index (χ2n) is 5.72. The molecule has 0 spiro atoms. The second-order valence-corrected chi connectivity index (χ2v) is 5.72. The van der Waals surface area contributed by atoms with Gasteiger partial charge in [0.05, 0.1) is 13.7 Å². The lowest BCUT2D eigenvalue weighted by atomic mass is 10.2. The summed E-state index contributed by atoms with van der Waals surface area (Å²) < 4.78 is 23.7. The van der Waals surface area contributed by atoms with Crippen LogP contribution >= 0.6 is 0 Å². The molecule has 1 heterocycles. The van der Waals surface area contributed by atoms with Crippen LogP contribution in [0.4, 0.5) is 16.0 Å². The van der Waals surface area contributed by atoms with Gasteiger partial charge in [-0.3, -0.25) is 0 Å². The van der Waals surface area contributed by atoms with Gasteiger partial charge in [-0.2, -0.15) is 0 Å². The fourth-order valence-corrected chi connectivity index (χ4v) is 2.37. The van der Waals surface area contributed by atoms with Gasteiger partial charge in [0.1, 0.15) is 41.9 Å². The highest BCUT2D eigenvalue weighted by Crippen LogP contribution is 2.17. The Morgan fingerprint density at radius 3 is 2.26 bits per heavy atom. The molecule has 7 heteroatoms. The number of benzene rings is 2. The van der Waals surface area contributed by atoms with Crippen LogP contribution in [0.5, 0.6) is 11.5 Å². The number of nitrogens with one attached hydrogen (secondary N) is 2. The largest absolute Gasteiger partial charge is 0.497 e. The van der Waals surface area contributed by atoms with Gasteiger partial charge in [0.25, 0.3) is 0 Å². The van der Waals surface area contributed by atoms with Gasteiger partial charge in [0.15, 0.2) is 0 Å². The Hall–Kier alpha value is -3.35. The highest BCUT2D eigenvalue weighted by Gasteiger charge is 2.00. The van der Waals surface area contributed by atoms with E-state index in [1.807, 2.05) is 30.3 Å². The maximum atomic E-state index is 12.9. The molecule has 27 heavy (non-hydrogen) atoms. The summed E-state index contributed by atoms with van der Waals surface area (Å²) in [6.45, 7) is 1.65. The molecule has 6 nitrogen and oxygen atoms in total.